The minimum absolute atomic E-state index is 0.186. The van der Waals surface area contributed by atoms with Gasteiger partial charge in [0.2, 0.25) is 0 Å². The van der Waals surface area contributed by atoms with Crippen LogP contribution in [0.25, 0.3) is 0 Å². The monoisotopic (exact) mass is 252 g/mol. The van der Waals surface area contributed by atoms with Gasteiger partial charge in [-0.05, 0) is 30.7 Å². The van der Waals surface area contributed by atoms with Crippen LogP contribution >= 0.6 is 0 Å². The molecule has 0 bridgehead atoms. The molecule has 0 unspecified atom stereocenters. The van der Waals surface area contributed by atoms with E-state index in [0.717, 1.165) is 0 Å². The van der Waals surface area contributed by atoms with Gasteiger partial charge in [-0.3, -0.25) is 0 Å². The summed E-state index contributed by atoms with van der Waals surface area (Å²) < 4.78 is 4.84. The molecule has 0 aliphatic carbocycles. The quantitative estimate of drug-likeness (QED) is 0.654. The molecular formula is C12H16N2O4. The lowest BCUT2D eigenvalue weighted by molar-refractivity contribution is 0.0696. The number of carbonyl (C=O) groups excluding carboxylic acids is 1. The van der Waals surface area contributed by atoms with Crippen LogP contribution in [0.3, 0.4) is 0 Å². The number of alkyl carbamates (subject to hydrolysis) is 1. The zero-order valence-electron chi connectivity index (χ0n) is 9.89. The lowest BCUT2D eigenvalue weighted by Crippen LogP contribution is -2.24. The average molecular weight is 252 g/mol. The van der Waals surface area contributed by atoms with Gasteiger partial charge in [0.15, 0.2) is 0 Å². The fraction of sp³-hybridized carbons (Fsp3) is 0.333. The van der Waals surface area contributed by atoms with Crippen LogP contribution in [0.4, 0.5) is 4.79 Å². The molecule has 0 heterocycles. The first-order chi connectivity index (χ1) is 8.63. The molecule has 18 heavy (non-hydrogen) atoms. The summed E-state index contributed by atoms with van der Waals surface area (Å²) in [4.78, 5) is 22.0. The number of carbonyl (C=O) groups is 2. The Bertz CT molecular complexity index is 420. The number of hydrogen-bond acceptors (Lipinski definition) is 4. The van der Waals surface area contributed by atoms with Gasteiger partial charge in [-0.25, -0.2) is 9.59 Å². The number of carboxylic acids is 1. The Morgan fingerprint density at radius 1 is 1.39 bits per heavy atom. The van der Waals surface area contributed by atoms with Crippen LogP contribution in [0.5, 0.6) is 0 Å². The van der Waals surface area contributed by atoms with Crippen molar-refractivity contribution in [3.8, 4) is 0 Å². The second kappa shape index (κ2) is 7.29. The molecule has 0 atom stereocenters. The molecule has 0 fully saturated rings. The molecule has 1 amide bonds. The van der Waals surface area contributed by atoms with E-state index in [1.54, 1.807) is 12.1 Å². The summed E-state index contributed by atoms with van der Waals surface area (Å²) in [6.45, 7) is 0.966. The minimum atomic E-state index is -0.998. The van der Waals surface area contributed by atoms with E-state index in [1.165, 1.54) is 12.1 Å². The molecule has 4 N–H and O–H groups in total. The van der Waals surface area contributed by atoms with Crippen molar-refractivity contribution in [2.75, 3.05) is 13.2 Å². The van der Waals surface area contributed by atoms with E-state index in [-0.39, 0.29) is 18.7 Å². The number of rotatable bonds is 6. The summed E-state index contributed by atoms with van der Waals surface area (Å²) >= 11 is 0. The summed E-state index contributed by atoms with van der Waals surface area (Å²) in [5, 5.41) is 11.3. The van der Waals surface area contributed by atoms with Crippen molar-refractivity contribution < 1.29 is 19.4 Å². The van der Waals surface area contributed by atoms with E-state index in [2.05, 4.69) is 5.32 Å². The normalized spacial score (nSPS) is 9.83. The van der Waals surface area contributed by atoms with Crippen LogP contribution in [0.2, 0.25) is 0 Å². The highest BCUT2D eigenvalue weighted by molar-refractivity contribution is 5.87. The molecule has 0 saturated heterocycles. The van der Waals surface area contributed by atoms with Crippen molar-refractivity contribution in [2.24, 2.45) is 5.73 Å². The average Bonchev–Trinajstić information content (AvgIpc) is 2.37. The van der Waals surface area contributed by atoms with Gasteiger partial charge in [0.25, 0.3) is 0 Å². The van der Waals surface area contributed by atoms with Gasteiger partial charge in [0.1, 0.15) is 0 Å². The smallest absolute Gasteiger partial charge is 0.407 e. The Hall–Kier alpha value is -2.08. The van der Waals surface area contributed by atoms with Crippen molar-refractivity contribution >= 4 is 12.1 Å². The highest BCUT2D eigenvalue weighted by Gasteiger charge is 2.05. The van der Waals surface area contributed by atoms with E-state index in [1.807, 2.05) is 0 Å². The number of ether oxygens (including phenoxy) is 1. The summed E-state index contributed by atoms with van der Waals surface area (Å²) in [6, 6.07) is 6.35. The number of carboxylic acid groups (broad SMARTS) is 1. The van der Waals surface area contributed by atoms with Crippen LogP contribution in [0.15, 0.2) is 24.3 Å². The standard InChI is InChI=1S/C12H16N2O4/c13-5-2-6-18-12(17)14-8-9-3-1-4-10(7-9)11(15)16/h1,3-4,7H,2,5-6,8,13H2,(H,14,17)(H,15,16). The Balaban J connectivity index is 2.41. The number of benzene rings is 1. The second-order valence-electron chi connectivity index (χ2n) is 3.64. The third-order valence-corrected chi connectivity index (χ3v) is 2.19. The van der Waals surface area contributed by atoms with Crippen LogP contribution in [-0.2, 0) is 11.3 Å². The molecule has 0 spiro atoms. The van der Waals surface area contributed by atoms with Crippen LogP contribution < -0.4 is 11.1 Å². The molecule has 1 aromatic carbocycles. The number of hydrogen-bond donors (Lipinski definition) is 3. The SMILES string of the molecule is NCCCOC(=O)NCc1cccc(C(=O)O)c1. The molecule has 0 saturated carbocycles. The first-order valence-electron chi connectivity index (χ1n) is 5.56. The highest BCUT2D eigenvalue weighted by Crippen LogP contribution is 2.05. The maximum Gasteiger partial charge on any atom is 0.407 e. The van der Waals surface area contributed by atoms with Gasteiger partial charge in [-0.2, -0.15) is 0 Å². The molecule has 0 radical (unpaired) electrons. The van der Waals surface area contributed by atoms with Crippen LogP contribution in [0.1, 0.15) is 22.3 Å². The summed E-state index contributed by atoms with van der Waals surface area (Å²) in [5.41, 5.74) is 6.14. The third kappa shape index (κ3) is 4.84. The fourth-order valence-electron chi connectivity index (χ4n) is 1.29. The Morgan fingerprint density at radius 2 is 2.17 bits per heavy atom. The lowest BCUT2D eigenvalue weighted by atomic mass is 10.1. The Morgan fingerprint density at radius 3 is 2.83 bits per heavy atom. The summed E-state index contributed by atoms with van der Waals surface area (Å²) in [5.74, 6) is -0.998. The predicted molar refractivity (Wildman–Crippen MR) is 65.3 cm³/mol. The number of nitrogens with one attached hydrogen (secondary N) is 1. The molecule has 1 rings (SSSR count). The van der Waals surface area contributed by atoms with E-state index in [4.69, 9.17) is 15.6 Å². The van der Waals surface area contributed by atoms with Gasteiger partial charge < -0.3 is 20.9 Å². The maximum atomic E-state index is 11.2. The van der Waals surface area contributed by atoms with Crippen molar-refractivity contribution in [3.05, 3.63) is 35.4 Å². The Labute approximate surface area is 105 Å². The predicted octanol–water partition coefficient (Wildman–Crippen LogP) is 0.960. The molecule has 0 aliphatic rings. The molecule has 1 aromatic rings. The lowest BCUT2D eigenvalue weighted by Gasteiger charge is -2.07. The number of nitrogens with two attached hydrogens (primary N) is 1. The van der Waals surface area contributed by atoms with Crippen molar-refractivity contribution in [2.45, 2.75) is 13.0 Å². The largest absolute Gasteiger partial charge is 0.478 e. The molecule has 0 aliphatic heterocycles. The second-order valence-corrected chi connectivity index (χ2v) is 3.64. The summed E-state index contributed by atoms with van der Waals surface area (Å²) in [6.07, 6.45) is 0.0752. The van der Waals surface area contributed by atoms with Crippen molar-refractivity contribution in [3.63, 3.8) is 0 Å². The molecule has 0 aromatic heterocycles. The molecule has 98 valence electrons. The molecule has 6 heteroatoms. The van der Waals surface area contributed by atoms with Gasteiger partial charge >= 0.3 is 12.1 Å². The van der Waals surface area contributed by atoms with Gasteiger partial charge in [-0.1, -0.05) is 12.1 Å². The van der Waals surface area contributed by atoms with E-state index < -0.39 is 12.1 Å². The van der Waals surface area contributed by atoms with Crippen LogP contribution in [-0.4, -0.2) is 30.3 Å². The first-order valence-corrected chi connectivity index (χ1v) is 5.56. The first kappa shape index (κ1) is 14.0. The topological polar surface area (TPSA) is 102 Å². The number of amides is 1. The van der Waals surface area contributed by atoms with Crippen LogP contribution in [0, 0.1) is 0 Å². The van der Waals surface area contributed by atoms with Crippen molar-refractivity contribution in [1.29, 1.82) is 0 Å². The number of aromatic carboxylic acids is 1. The molecule has 6 nitrogen and oxygen atoms in total. The zero-order chi connectivity index (χ0) is 13.4. The van der Waals surface area contributed by atoms with E-state index in [0.29, 0.717) is 18.5 Å². The fourth-order valence-corrected chi connectivity index (χ4v) is 1.29. The van der Waals surface area contributed by atoms with Gasteiger partial charge in [-0.15, -0.1) is 0 Å². The maximum absolute atomic E-state index is 11.2. The minimum Gasteiger partial charge on any atom is -0.478 e. The zero-order valence-corrected chi connectivity index (χ0v) is 9.89. The highest BCUT2D eigenvalue weighted by atomic mass is 16.5. The van der Waals surface area contributed by atoms with Gasteiger partial charge in [0, 0.05) is 6.54 Å². The van der Waals surface area contributed by atoms with E-state index >= 15 is 0 Å². The van der Waals surface area contributed by atoms with Gasteiger partial charge in [0.05, 0.1) is 12.2 Å². The third-order valence-electron chi connectivity index (χ3n) is 2.19. The van der Waals surface area contributed by atoms with Crippen molar-refractivity contribution in [1.82, 2.24) is 5.32 Å². The summed E-state index contributed by atoms with van der Waals surface area (Å²) in [7, 11) is 0. The van der Waals surface area contributed by atoms with E-state index in [9.17, 15) is 9.59 Å². The Kier molecular flexibility index (Phi) is 5.66. The molecular weight excluding hydrogens is 236 g/mol.